The van der Waals surface area contributed by atoms with Gasteiger partial charge in [0.2, 0.25) is 0 Å². The lowest BCUT2D eigenvalue weighted by atomic mass is 9.84. The molecule has 2 atom stereocenters. The predicted molar refractivity (Wildman–Crippen MR) is 146 cm³/mol. The van der Waals surface area contributed by atoms with Gasteiger partial charge in [-0.3, -0.25) is 20.2 Å². The van der Waals surface area contributed by atoms with Crippen LogP contribution in [0.1, 0.15) is 49.9 Å². The highest BCUT2D eigenvalue weighted by molar-refractivity contribution is 6.33. The van der Waals surface area contributed by atoms with E-state index in [9.17, 15) is 20.2 Å². The van der Waals surface area contributed by atoms with Crippen molar-refractivity contribution in [3.8, 4) is 0 Å². The van der Waals surface area contributed by atoms with Crippen LogP contribution in [0.2, 0.25) is 10.0 Å². The van der Waals surface area contributed by atoms with E-state index in [0.29, 0.717) is 37.1 Å². The van der Waals surface area contributed by atoms with Crippen molar-refractivity contribution in [2.24, 2.45) is 5.41 Å². The van der Waals surface area contributed by atoms with Crippen molar-refractivity contribution < 1.29 is 18.6 Å². The molecule has 2 fully saturated rings. The van der Waals surface area contributed by atoms with Crippen LogP contribution in [0.15, 0.2) is 48.5 Å². The molecular weight excluding hydrogens is 553 g/mol. The Labute approximate surface area is 233 Å². The average Bonchev–Trinajstić information content (AvgIpc) is 3.28. The molecule has 2 saturated heterocycles. The normalized spacial score (nSPS) is 20.2. The van der Waals surface area contributed by atoms with Gasteiger partial charge in [0.15, 0.2) is 11.6 Å². The Morgan fingerprint density at radius 2 is 1.26 bits per heavy atom. The predicted octanol–water partition coefficient (Wildman–Crippen LogP) is 8.02. The molecule has 204 valence electrons. The lowest BCUT2D eigenvalue weighted by Crippen LogP contribution is -2.53. The summed E-state index contributed by atoms with van der Waals surface area (Å²) in [5.41, 5.74) is 0.569. The molecule has 8 nitrogen and oxygen atoms in total. The van der Waals surface area contributed by atoms with Crippen LogP contribution in [0.3, 0.4) is 0 Å². The largest absolute Gasteiger partial charge is 0.366 e. The van der Waals surface area contributed by atoms with Crippen molar-refractivity contribution in [3.05, 3.63) is 102 Å². The fourth-order valence-corrected chi connectivity index (χ4v) is 6.10. The lowest BCUT2D eigenvalue weighted by molar-refractivity contribution is -0.384. The fraction of sp³-hybridized carbons (Fsp3) is 0.333. The smallest absolute Gasteiger partial charge is 0.288 e. The van der Waals surface area contributed by atoms with Gasteiger partial charge in [0.1, 0.15) is 15.7 Å². The zero-order chi connectivity index (χ0) is 28.2. The standard InChI is InChI=1S/C27H24Cl2F2N4O4/c1-27(2)13-32(14-27)26-20(30)11-17(12-21(26)31)33-22(15-3-5-18(28)24(9-15)34(36)37)7-8-23(33)16-4-6-19(29)25(10-16)35(38)39/h3-6,9-12,22-23H,7-8,13-14H2,1-2H3/t22-,23-/m1/s1. The molecule has 0 amide bonds. The molecule has 2 heterocycles. The van der Waals surface area contributed by atoms with E-state index >= 15 is 8.78 Å². The maximum atomic E-state index is 15.5. The summed E-state index contributed by atoms with van der Waals surface area (Å²) in [6, 6.07) is 10.3. The number of nitro benzene ring substituents is 2. The maximum Gasteiger partial charge on any atom is 0.288 e. The van der Waals surface area contributed by atoms with E-state index in [1.165, 1.54) is 36.4 Å². The molecule has 0 unspecified atom stereocenters. The molecule has 12 heteroatoms. The number of halogens is 4. The summed E-state index contributed by atoms with van der Waals surface area (Å²) in [5.74, 6) is -1.46. The highest BCUT2D eigenvalue weighted by Crippen LogP contribution is 2.50. The van der Waals surface area contributed by atoms with Gasteiger partial charge in [-0.1, -0.05) is 49.2 Å². The molecule has 0 radical (unpaired) electrons. The van der Waals surface area contributed by atoms with Gasteiger partial charge < -0.3 is 9.80 Å². The van der Waals surface area contributed by atoms with Gasteiger partial charge in [0.05, 0.1) is 21.9 Å². The molecular formula is C27H24Cl2F2N4O4. The zero-order valence-corrected chi connectivity index (χ0v) is 22.5. The van der Waals surface area contributed by atoms with Gasteiger partial charge in [-0.25, -0.2) is 8.78 Å². The van der Waals surface area contributed by atoms with E-state index in [4.69, 9.17) is 23.2 Å². The number of benzene rings is 3. The average molecular weight is 577 g/mol. The van der Waals surface area contributed by atoms with Crippen LogP contribution in [0, 0.1) is 37.3 Å². The molecule has 0 aromatic heterocycles. The molecule has 5 rings (SSSR count). The Morgan fingerprint density at radius 3 is 1.64 bits per heavy atom. The Hall–Kier alpha value is -3.50. The van der Waals surface area contributed by atoms with Crippen LogP contribution in [-0.2, 0) is 0 Å². The second-order valence-corrected chi connectivity index (χ2v) is 11.5. The fourth-order valence-electron chi connectivity index (χ4n) is 5.73. The number of hydrogen-bond donors (Lipinski definition) is 0. The highest BCUT2D eigenvalue weighted by Gasteiger charge is 2.40. The first-order chi connectivity index (χ1) is 18.4. The van der Waals surface area contributed by atoms with Crippen LogP contribution in [-0.4, -0.2) is 22.9 Å². The van der Waals surface area contributed by atoms with E-state index in [2.05, 4.69) is 0 Å². The Bertz CT molecular complexity index is 1400. The Balaban J connectivity index is 1.62. The second kappa shape index (κ2) is 9.91. The molecule has 0 N–H and O–H groups in total. The van der Waals surface area contributed by atoms with Crippen molar-refractivity contribution in [3.63, 3.8) is 0 Å². The van der Waals surface area contributed by atoms with Gasteiger partial charge in [-0.2, -0.15) is 0 Å². The molecule has 0 bridgehead atoms. The van der Waals surface area contributed by atoms with E-state index in [1.54, 1.807) is 21.9 Å². The van der Waals surface area contributed by atoms with E-state index < -0.39 is 33.6 Å². The third-order valence-corrected chi connectivity index (χ3v) is 7.98. The summed E-state index contributed by atoms with van der Waals surface area (Å²) < 4.78 is 30.9. The number of hydrogen-bond acceptors (Lipinski definition) is 6. The number of nitro groups is 2. The molecule has 0 aliphatic carbocycles. The molecule has 39 heavy (non-hydrogen) atoms. The summed E-state index contributed by atoms with van der Waals surface area (Å²) in [5, 5.41) is 23.1. The van der Waals surface area contributed by atoms with Crippen molar-refractivity contribution in [1.82, 2.24) is 0 Å². The molecule has 2 aliphatic rings. The minimum atomic E-state index is -0.728. The van der Waals surface area contributed by atoms with Gasteiger partial charge in [-0.05, 0) is 53.6 Å². The molecule has 0 spiro atoms. The summed E-state index contributed by atoms with van der Waals surface area (Å²) in [6.07, 6.45) is 0.927. The first kappa shape index (κ1) is 27.1. The van der Waals surface area contributed by atoms with Crippen LogP contribution >= 0.6 is 23.2 Å². The van der Waals surface area contributed by atoms with Crippen LogP contribution < -0.4 is 9.80 Å². The van der Waals surface area contributed by atoms with Crippen molar-refractivity contribution in [2.45, 2.75) is 38.8 Å². The Morgan fingerprint density at radius 1 is 0.821 bits per heavy atom. The summed E-state index contributed by atoms with van der Waals surface area (Å²) >= 11 is 12.1. The number of rotatable bonds is 6. The summed E-state index contributed by atoms with van der Waals surface area (Å²) in [4.78, 5) is 25.3. The summed E-state index contributed by atoms with van der Waals surface area (Å²) in [7, 11) is 0. The zero-order valence-electron chi connectivity index (χ0n) is 21.0. The third kappa shape index (κ3) is 4.98. The van der Waals surface area contributed by atoms with Crippen molar-refractivity contribution >= 4 is 46.0 Å². The van der Waals surface area contributed by atoms with Crippen LogP contribution in [0.25, 0.3) is 0 Å². The van der Waals surface area contributed by atoms with Crippen LogP contribution in [0.5, 0.6) is 0 Å². The number of anilines is 2. The van der Waals surface area contributed by atoms with E-state index in [1.807, 2.05) is 13.8 Å². The van der Waals surface area contributed by atoms with Crippen molar-refractivity contribution in [2.75, 3.05) is 22.9 Å². The highest BCUT2D eigenvalue weighted by atomic mass is 35.5. The quantitative estimate of drug-likeness (QED) is 0.218. The van der Waals surface area contributed by atoms with Crippen molar-refractivity contribution in [1.29, 1.82) is 0 Å². The lowest BCUT2D eigenvalue weighted by Gasteiger charge is -2.47. The minimum Gasteiger partial charge on any atom is -0.366 e. The maximum absolute atomic E-state index is 15.5. The summed E-state index contributed by atoms with van der Waals surface area (Å²) in [6.45, 7) is 5.06. The van der Waals surface area contributed by atoms with Crippen LogP contribution in [0.4, 0.5) is 31.5 Å². The monoisotopic (exact) mass is 576 g/mol. The third-order valence-electron chi connectivity index (χ3n) is 7.34. The SMILES string of the molecule is CC1(C)CN(c2c(F)cc(N3[C@@H](c4ccc(Cl)c([N+](=O)[O-])c4)CC[C@@H]3c3ccc(Cl)c([N+](=O)[O-])c3)cc2F)C1. The van der Waals surface area contributed by atoms with E-state index in [0.717, 1.165) is 0 Å². The molecule has 2 aliphatic heterocycles. The number of nitrogens with zero attached hydrogens (tertiary/aromatic N) is 4. The first-order valence-electron chi connectivity index (χ1n) is 12.3. The Kier molecular flexibility index (Phi) is 6.88. The van der Waals surface area contributed by atoms with Gasteiger partial charge in [0, 0.05) is 30.9 Å². The van der Waals surface area contributed by atoms with Gasteiger partial charge >= 0.3 is 0 Å². The minimum absolute atomic E-state index is 0.0305. The van der Waals surface area contributed by atoms with E-state index in [-0.39, 0.29) is 38.2 Å². The molecule has 3 aromatic rings. The molecule has 0 saturated carbocycles. The topological polar surface area (TPSA) is 92.8 Å². The van der Waals surface area contributed by atoms with Gasteiger partial charge in [-0.15, -0.1) is 0 Å². The van der Waals surface area contributed by atoms with Gasteiger partial charge in [0.25, 0.3) is 11.4 Å². The molecule has 3 aromatic carbocycles. The second-order valence-electron chi connectivity index (χ2n) is 10.7. The first-order valence-corrected chi connectivity index (χ1v) is 13.0.